The molecule has 0 aliphatic rings. The van der Waals surface area contributed by atoms with E-state index >= 15 is 0 Å². The van der Waals surface area contributed by atoms with Crippen molar-refractivity contribution in [1.29, 1.82) is 0 Å². The average Bonchev–Trinajstić information content (AvgIpc) is 2.43. The van der Waals surface area contributed by atoms with Gasteiger partial charge in [0.1, 0.15) is 0 Å². The lowest BCUT2D eigenvalue weighted by Gasteiger charge is -2.23. The van der Waals surface area contributed by atoms with Gasteiger partial charge in [-0.1, -0.05) is 51.1 Å². The highest BCUT2D eigenvalue weighted by Crippen LogP contribution is 2.21. The summed E-state index contributed by atoms with van der Waals surface area (Å²) in [5.41, 5.74) is 1.49. The molecule has 1 aromatic rings. The fourth-order valence-electron chi connectivity index (χ4n) is 2.32. The third kappa shape index (κ3) is 7.86. The first kappa shape index (κ1) is 17.7. The number of carbonyl (C=O) groups excluding carboxylic acids is 1. The Balaban J connectivity index is 2.42. The van der Waals surface area contributed by atoms with Gasteiger partial charge in [-0.25, -0.2) is 0 Å². The Morgan fingerprint density at radius 2 is 1.81 bits per heavy atom. The molecular formula is C18H29NO2. The molecule has 3 heteroatoms. The van der Waals surface area contributed by atoms with E-state index in [1.54, 1.807) is 4.90 Å². The predicted octanol–water partition coefficient (Wildman–Crippen LogP) is 3.27. The molecule has 0 saturated carbocycles. The fourth-order valence-corrected chi connectivity index (χ4v) is 2.32. The standard InChI is InChI=1S/C18H29NO2/c1-18(2,3)12-7-10-17(21)19(14-15-20)13-11-16-8-5-4-6-9-16/h4-6,8-9,20H,7,10-15H2,1-3H3. The lowest BCUT2D eigenvalue weighted by Crippen LogP contribution is -2.35. The number of aliphatic hydroxyl groups is 1. The zero-order valence-corrected chi connectivity index (χ0v) is 13.6. The van der Waals surface area contributed by atoms with Gasteiger partial charge in [0.2, 0.25) is 5.91 Å². The van der Waals surface area contributed by atoms with Crippen molar-refractivity contribution in [3.05, 3.63) is 35.9 Å². The number of carbonyl (C=O) groups is 1. The van der Waals surface area contributed by atoms with E-state index in [4.69, 9.17) is 5.11 Å². The minimum atomic E-state index is 0.0276. The fraction of sp³-hybridized carbons (Fsp3) is 0.611. The molecule has 21 heavy (non-hydrogen) atoms. The van der Waals surface area contributed by atoms with Gasteiger partial charge in [0, 0.05) is 19.5 Å². The zero-order valence-electron chi connectivity index (χ0n) is 13.6. The van der Waals surface area contributed by atoms with Gasteiger partial charge in [-0.05, 0) is 30.2 Å². The van der Waals surface area contributed by atoms with Crippen LogP contribution in [0.1, 0.15) is 45.6 Å². The highest BCUT2D eigenvalue weighted by atomic mass is 16.3. The number of rotatable bonds is 8. The van der Waals surface area contributed by atoms with Crippen molar-refractivity contribution in [3.8, 4) is 0 Å². The van der Waals surface area contributed by atoms with Crippen LogP contribution in [0.15, 0.2) is 30.3 Å². The van der Waals surface area contributed by atoms with Gasteiger partial charge in [0.25, 0.3) is 0 Å². The van der Waals surface area contributed by atoms with Crippen LogP contribution in [-0.2, 0) is 11.2 Å². The number of benzene rings is 1. The van der Waals surface area contributed by atoms with E-state index in [0.717, 1.165) is 19.3 Å². The van der Waals surface area contributed by atoms with Crippen LogP contribution in [0, 0.1) is 5.41 Å². The molecule has 1 aromatic carbocycles. The number of nitrogens with zero attached hydrogens (tertiary/aromatic N) is 1. The molecule has 0 heterocycles. The molecule has 118 valence electrons. The summed E-state index contributed by atoms with van der Waals surface area (Å²) in [5.74, 6) is 0.157. The lowest BCUT2D eigenvalue weighted by molar-refractivity contribution is -0.131. The molecule has 0 unspecified atom stereocenters. The number of aliphatic hydroxyl groups excluding tert-OH is 1. The van der Waals surface area contributed by atoms with E-state index in [2.05, 4.69) is 32.9 Å². The van der Waals surface area contributed by atoms with E-state index in [-0.39, 0.29) is 17.9 Å². The predicted molar refractivity (Wildman–Crippen MR) is 87.1 cm³/mol. The summed E-state index contributed by atoms with van der Waals surface area (Å²) in [6.45, 7) is 7.72. The van der Waals surface area contributed by atoms with Crippen LogP contribution in [0.3, 0.4) is 0 Å². The Labute approximate surface area is 129 Å². The monoisotopic (exact) mass is 291 g/mol. The van der Waals surface area contributed by atoms with E-state index in [1.807, 2.05) is 18.2 Å². The molecule has 0 bridgehead atoms. The van der Waals surface area contributed by atoms with Crippen molar-refractivity contribution in [2.45, 2.75) is 46.5 Å². The van der Waals surface area contributed by atoms with Crippen molar-refractivity contribution < 1.29 is 9.90 Å². The van der Waals surface area contributed by atoms with Crippen LogP contribution in [0.2, 0.25) is 0 Å². The maximum absolute atomic E-state index is 12.3. The molecule has 0 aromatic heterocycles. The van der Waals surface area contributed by atoms with Crippen LogP contribution in [0.5, 0.6) is 0 Å². The summed E-state index contributed by atoms with van der Waals surface area (Å²) in [4.78, 5) is 14.0. The lowest BCUT2D eigenvalue weighted by atomic mass is 9.90. The Kier molecular flexibility index (Phi) is 7.44. The third-order valence-electron chi connectivity index (χ3n) is 3.55. The van der Waals surface area contributed by atoms with Crippen LogP contribution in [0.4, 0.5) is 0 Å². The van der Waals surface area contributed by atoms with E-state index < -0.39 is 0 Å². The summed E-state index contributed by atoms with van der Waals surface area (Å²) in [6.07, 6.45) is 3.37. The zero-order chi connectivity index (χ0) is 15.7. The molecule has 1 rings (SSSR count). The first-order valence-corrected chi connectivity index (χ1v) is 7.85. The Hall–Kier alpha value is -1.35. The van der Waals surface area contributed by atoms with E-state index in [1.165, 1.54) is 5.56 Å². The summed E-state index contributed by atoms with van der Waals surface area (Å²) in [7, 11) is 0. The van der Waals surface area contributed by atoms with Gasteiger partial charge in [0.15, 0.2) is 0 Å². The summed E-state index contributed by atoms with van der Waals surface area (Å²) in [5, 5.41) is 9.14. The molecule has 3 nitrogen and oxygen atoms in total. The van der Waals surface area contributed by atoms with Crippen molar-refractivity contribution in [2.24, 2.45) is 5.41 Å². The van der Waals surface area contributed by atoms with Crippen LogP contribution in [0.25, 0.3) is 0 Å². The summed E-state index contributed by atoms with van der Waals surface area (Å²) < 4.78 is 0. The Morgan fingerprint density at radius 1 is 1.14 bits per heavy atom. The molecule has 0 atom stereocenters. The number of hydrogen-bond donors (Lipinski definition) is 1. The van der Waals surface area contributed by atoms with Crippen molar-refractivity contribution in [1.82, 2.24) is 4.90 Å². The quantitative estimate of drug-likeness (QED) is 0.798. The molecule has 1 amide bonds. The molecule has 0 aliphatic heterocycles. The van der Waals surface area contributed by atoms with Crippen LogP contribution < -0.4 is 0 Å². The van der Waals surface area contributed by atoms with Crippen molar-refractivity contribution in [2.75, 3.05) is 19.7 Å². The molecule has 0 radical (unpaired) electrons. The SMILES string of the molecule is CC(C)(C)CCCC(=O)N(CCO)CCc1ccccc1. The second kappa shape index (κ2) is 8.83. The van der Waals surface area contributed by atoms with Gasteiger partial charge in [-0.2, -0.15) is 0 Å². The average molecular weight is 291 g/mol. The second-order valence-electron chi connectivity index (χ2n) is 6.75. The smallest absolute Gasteiger partial charge is 0.222 e. The van der Waals surface area contributed by atoms with E-state index in [0.29, 0.717) is 19.5 Å². The van der Waals surface area contributed by atoms with Crippen LogP contribution in [-0.4, -0.2) is 35.6 Å². The minimum Gasteiger partial charge on any atom is -0.395 e. The third-order valence-corrected chi connectivity index (χ3v) is 3.55. The number of amides is 1. The molecular weight excluding hydrogens is 262 g/mol. The van der Waals surface area contributed by atoms with E-state index in [9.17, 15) is 4.79 Å². The van der Waals surface area contributed by atoms with Crippen LogP contribution >= 0.6 is 0 Å². The molecule has 0 spiro atoms. The van der Waals surface area contributed by atoms with Crippen molar-refractivity contribution in [3.63, 3.8) is 0 Å². The first-order valence-electron chi connectivity index (χ1n) is 7.85. The highest BCUT2D eigenvalue weighted by Gasteiger charge is 2.15. The molecule has 1 N–H and O–H groups in total. The molecule has 0 aliphatic carbocycles. The second-order valence-corrected chi connectivity index (χ2v) is 6.75. The minimum absolute atomic E-state index is 0.0276. The van der Waals surface area contributed by atoms with Crippen molar-refractivity contribution >= 4 is 5.91 Å². The molecule has 0 fully saturated rings. The largest absolute Gasteiger partial charge is 0.395 e. The van der Waals surface area contributed by atoms with Gasteiger partial charge >= 0.3 is 0 Å². The van der Waals surface area contributed by atoms with Gasteiger partial charge in [0.05, 0.1) is 6.61 Å². The Bertz CT molecular complexity index is 409. The van der Waals surface area contributed by atoms with Gasteiger partial charge in [-0.15, -0.1) is 0 Å². The summed E-state index contributed by atoms with van der Waals surface area (Å²) >= 11 is 0. The molecule has 0 saturated heterocycles. The topological polar surface area (TPSA) is 40.5 Å². The Morgan fingerprint density at radius 3 is 2.38 bits per heavy atom. The first-order chi connectivity index (χ1) is 9.92. The van der Waals surface area contributed by atoms with Gasteiger partial charge < -0.3 is 10.0 Å². The maximum atomic E-state index is 12.3. The normalized spacial score (nSPS) is 11.4. The maximum Gasteiger partial charge on any atom is 0.222 e. The van der Waals surface area contributed by atoms with Gasteiger partial charge in [-0.3, -0.25) is 4.79 Å². The highest BCUT2D eigenvalue weighted by molar-refractivity contribution is 5.76. The number of hydrogen-bond acceptors (Lipinski definition) is 2. The summed E-state index contributed by atoms with van der Waals surface area (Å²) in [6, 6.07) is 10.2.